The molecule has 0 atom stereocenters. The van der Waals surface area contributed by atoms with Crippen LogP contribution in [-0.2, 0) is 19.0 Å². The highest BCUT2D eigenvalue weighted by molar-refractivity contribution is 7.71. The van der Waals surface area contributed by atoms with E-state index < -0.39 is 12.0 Å². The average Bonchev–Trinajstić information content (AvgIpc) is 2.73. The first kappa shape index (κ1) is 11.6. The van der Waals surface area contributed by atoms with Crippen molar-refractivity contribution in [1.29, 1.82) is 0 Å². The Balaban J connectivity index is 2.28. The third kappa shape index (κ3) is 1.71. The monoisotopic (exact) mass is 274 g/mol. The molecule has 2 aromatic rings. The minimum atomic E-state index is -4.52. The Kier molecular flexibility index (Phi) is 2.44. The number of alkyl halides is 3. The predicted octanol–water partition coefficient (Wildman–Crippen LogP) is 2.68. The first-order valence-electron chi connectivity index (χ1n) is 5.54. The molecule has 0 amide bonds. The molecule has 1 N–H and O–H groups in total. The standard InChI is InChI=1S/C10H9F3N4S/c11-10(12,13)8-15-9-14-6-4-2-1-3-5(6)7(18)17(9)16-8/h1-4H2,(H,14,15,16). The van der Waals surface area contributed by atoms with Crippen LogP contribution in [0.25, 0.3) is 5.78 Å². The number of hydrogen-bond donors (Lipinski definition) is 1. The van der Waals surface area contributed by atoms with Crippen LogP contribution in [0, 0.1) is 4.64 Å². The lowest BCUT2D eigenvalue weighted by Gasteiger charge is -2.14. The van der Waals surface area contributed by atoms with E-state index in [2.05, 4.69) is 15.1 Å². The van der Waals surface area contributed by atoms with E-state index in [0.717, 1.165) is 41.5 Å². The van der Waals surface area contributed by atoms with E-state index in [-0.39, 0.29) is 5.78 Å². The number of nitrogens with zero attached hydrogens (tertiary/aromatic N) is 3. The predicted molar refractivity (Wildman–Crippen MR) is 59.8 cm³/mol. The Morgan fingerprint density at radius 3 is 2.61 bits per heavy atom. The van der Waals surface area contributed by atoms with Gasteiger partial charge in [-0.2, -0.15) is 18.2 Å². The number of halogens is 3. The van der Waals surface area contributed by atoms with Gasteiger partial charge in [-0.25, -0.2) is 9.50 Å². The molecule has 2 aromatic heterocycles. The fraction of sp³-hybridized carbons (Fsp3) is 0.500. The van der Waals surface area contributed by atoms with Gasteiger partial charge in [0.1, 0.15) is 4.64 Å². The Morgan fingerprint density at radius 1 is 1.17 bits per heavy atom. The van der Waals surface area contributed by atoms with E-state index in [1.165, 1.54) is 0 Å². The average molecular weight is 274 g/mol. The number of fused-ring (bicyclic) bond motifs is 2. The summed E-state index contributed by atoms with van der Waals surface area (Å²) in [7, 11) is 0. The third-order valence-corrected chi connectivity index (χ3v) is 3.46. The van der Waals surface area contributed by atoms with E-state index in [9.17, 15) is 13.2 Å². The summed E-state index contributed by atoms with van der Waals surface area (Å²) in [4.78, 5) is 7.62. The maximum atomic E-state index is 12.6. The van der Waals surface area contributed by atoms with Gasteiger partial charge in [-0.15, -0.1) is 0 Å². The summed E-state index contributed by atoms with van der Waals surface area (Å²) in [6.07, 6.45) is -1.02. The molecule has 0 saturated heterocycles. The van der Waals surface area contributed by atoms with Crippen molar-refractivity contribution >= 4 is 18.0 Å². The molecule has 0 unspecified atom stereocenters. The van der Waals surface area contributed by atoms with Crippen molar-refractivity contribution in [1.82, 2.24) is 19.6 Å². The molecule has 8 heteroatoms. The fourth-order valence-electron chi connectivity index (χ4n) is 2.17. The van der Waals surface area contributed by atoms with Crippen LogP contribution in [0.2, 0.25) is 0 Å². The van der Waals surface area contributed by atoms with E-state index >= 15 is 0 Å². The van der Waals surface area contributed by atoms with Crippen LogP contribution in [0.1, 0.15) is 29.9 Å². The minimum Gasteiger partial charge on any atom is -0.269 e. The van der Waals surface area contributed by atoms with Crippen molar-refractivity contribution in [3.8, 4) is 0 Å². The second kappa shape index (κ2) is 3.78. The first-order valence-corrected chi connectivity index (χ1v) is 5.95. The zero-order valence-corrected chi connectivity index (χ0v) is 10.0. The van der Waals surface area contributed by atoms with Gasteiger partial charge < -0.3 is 0 Å². The number of rotatable bonds is 0. The van der Waals surface area contributed by atoms with Crippen molar-refractivity contribution in [2.75, 3.05) is 0 Å². The molecule has 18 heavy (non-hydrogen) atoms. The molecule has 1 aliphatic rings. The number of hydrogen-bond acceptors (Lipinski definition) is 3. The first-order chi connectivity index (χ1) is 8.47. The summed E-state index contributed by atoms with van der Waals surface area (Å²) in [6.45, 7) is 0. The lowest BCUT2D eigenvalue weighted by Crippen LogP contribution is -2.10. The molecule has 0 radical (unpaired) electrons. The Bertz CT molecular complexity index is 670. The number of aryl methyl sites for hydroxylation is 1. The quantitative estimate of drug-likeness (QED) is 0.751. The molecule has 0 aromatic carbocycles. The topological polar surface area (TPSA) is 46.0 Å². The van der Waals surface area contributed by atoms with Gasteiger partial charge in [0.2, 0.25) is 5.82 Å². The minimum absolute atomic E-state index is 0.00650. The third-order valence-electron chi connectivity index (χ3n) is 3.03. The molecule has 0 fully saturated rings. The Labute approximate surface area is 105 Å². The number of aromatic nitrogens is 4. The Hall–Kier alpha value is -1.44. The van der Waals surface area contributed by atoms with E-state index in [0.29, 0.717) is 4.64 Å². The summed E-state index contributed by atoms with van der Waals surface area (Å²) >= 11 is 5.20. The molecule has 1 aliphatic carbocycles. The molecule has 0 aliphatic heterocycles. The Morgan fingerprint density at radius 2 is 1.89 bits per heavy atom. The van der Waals surface area contributed by atoms with Crippen molar-refractivity contribution in [3.63, 3.8) is 0 Å². The summed E-state index contributed by atoms with van der Waals surface area (Å²) in [5.74, 6) is -1.07. The van der Waals surface area contributed by atoms with Gasteiger partial charge in [0.25, 0.3) is 5.78 Å². The van der Waals surface area contributed by atoms with Gasteiger partial charge in [0.05, 0.1) is 5.69 Å². The van der Waals surface area contributed by atoms with Crippen LogP contribution in [0.3, 0.4) is 0 Å². The van der Waals surface area contributed by atoms with Crippen LogP contribution in [-0.4, -0.2) is 19.6 Å². The van der Waals surface area contributed by atoms with Crippen molar-refractivity contribution < 1.29 is 13.2 Å². The van der Waals surface area contributed by atoms with Gasteiger partial charge in [0, 0.05) is 5.56 Å². The summed E-state index contributed by atoms with van der Waals surface area (Å²) < 4.78 is 39.2. The van der Waals surface area contributed by atoms with Crippen LogP contribution in [0.15, 0.2) is 0 Å². The van der Waals surface area contributed by atoms with Gasteiger partial charge in [-0.1, -0.05) is 12.2 Å². The van der Waals surface area contributed by atoms with Gasteiger partial charge in [-0.05, 0) is 25.7 Å². The number of aromatic amines is 1. The number of nitrogens with one attached hydrogen (secondary N) is 1. The molecule has 2 heterocycles. The molecule has 0 bridgehead atoms. The van der Waals surface area contributed by atoms with Gasteiger partial charge in [-0.3, -0.25) is 5.10 Å². The second-order valence-electron chi connectivity index (χ2n) is 4.25. The van der Waals surface area contributed by atoms with Crippen LogP contribution in [0.5, 0.6) is 0 Å². The molecular formula is C10H9F3N4S. The van der Waals surface area contributed by atoms with E-state index in [4.69, 9.17) is 12.2 Å². The summed E-state index contributed by atoms with van der Waals surface area (Å²) in [5.41, 5.74) is 1.65. The maximum absolute atomic E-state index is 12.6. The summed E-state index contributed by atoms with van der Waals surface area (Å²) in [5, 5.41) is 2.17. The van der Waals surface area contributed by atoms with Crippen molar-refractivity contribution in [3.05, 3.63) is 21.7 Å². The number of H-pyrrole nitrogens is 1. The highest BCUT2D eigenvalue weighted by atomic mass is 32.1. The molecule has 4 nitrogen and oxygen atoms in total. The maximum Gasteiger partial charge on any atom is 0.451 e. The smallest absolute Gasteiger partial charge is 0.269 e. The van der Waals surface area contributed by atoms with Crippen LogP contribution < -0.4 is 0 Å². The molecule has 0 saturated carbocycles. The normalized spacial score (nSPS) is 15.9. The van der Waals surface area contributed by atoms with Crippen molar-refractivity contribution in [2.45, 2.75) is 31.9 Å². The molecule has 0 spiro atoms. The second-order valence-corrected chi connectivity index (χ2v) is 4.64. The largest absolute Gasteiger partial charge is 0.451 e. The molecule has 3 rings (SSSR count). The van der Waals surface area contributed by atoms with Crippen molar-refractivity contribution in [2.24, 2.45) is 0 Å². The molecule has 96 valence electrons. The highest BCUT2D eigenvalue weighted by Gasteiger charge is 2.35. The van der Waals surface area contributed by atoms with Gasteiger partial charge in [0.15, 0.2) is 0 Å². The lowest BCUT2D eigenvalue weighted by molar-refractivity contribution is -0.144. The van der Waals surface area contributed by atoms with Gasteiger partial charge >= 0.3 is 6.18 Å². The fourth-order valence-corrected chi connectivity index (χ4v) is 2.52. The zero-order chi connectivity index (χ0) is 12.9. The van der Waals surface area contributed by atoms with E-state index in [1.54, 1.807) is 0 Å². The lowest BCUT2D eigenvalue weighted by atomic mass is 9.98. The van der Waals surface area contributed by atoms with Crippen LogP contribution in [0.4, 0.5) is 13.2 Å². The highest BCUT2D eigenvalue weighted by Crippen LogP contribution is 2.27. The van der Waals surface area contributed by atoms with E-state index in [1.807, 2.05) is 0 Å². The molecular weight excluding hydrogens is 265 g/mol. The zero-order valence-electron chi connectivity index (χ0n) is 9.21. The van der Waals surface area contributed by atoms with Crippen LogP contribution >= 0.6 is 12.2 Å². The summed E-state index contributed by atoms with van der Waals surface area (Å²) in [6, 6.07) is 0. The SMILES string of the molecule is FC(F)(F)c1nc2nc3c(c(=S)n2[nH]1)CCCC3.